The second-order valence-electron chi connectivity index (χ2n) is 6.63. The van der Waals surface area contributed by atoms with Crippen LogP contribution in [0.4, 0.5) is 0 Å². The van der Waals surface area contributed by atoms with Crippen molar-refractivity contribution in [2.75, 3.05) is 0 Å². The van der Waals surface area contributed by atoms with Gasteiger partial charge in [0.15, 0.2) is 0 Å². The van der Waals surface area contributed by atoms with Crippen molar-refractivity contribution in [2.45, 2.75) is 56.1 Å². The van der Waals surface area contributed by atoms with Crippen molar-refractivity contribution in [2.24, 2.45) is 5.92 Å². The van der Waals surface area contributed by atoms with Crippen LogP contribution in [-0.4, -0.2) is 22.8 Å². The smallest absolute Gasteiger partial charge is 0.240 e. The molecule has 0 saturated carbocycles. The molecule has 2 aliphatic rings. The highest BCUT2D eigenvalue weighted by molar-refractivity contribution is 9.09. The Morgan fingerprint density at radius 3 is 2.82 bits per heavy atom. The number of amides is 1. The lowest BCUT2D eigenvalue weighted by atomic mass is 9.87. The molecule has 4 atom stereocenters. The summed E-state index contributed by atoms with van der Waals surface area (Å²) in [5.41, 5.74) is 9.02. The first-order valence-corrected chi connectivity index (χ1v) is 9.03. The van der Waals surface area contributed by atoms with E-state index < -0.39 is 0 Å². The van der Waals surface area contributed by atoms with Crippen molar-refractivity contribution in [3.8, 4) is 0 Å². The number of hydrogen-bond donors (Lipinski definition) is 3. The third-order valence-electron chi connectivity index (χ3n) is 4.75. The van der Waals surface area contributed by atoms with Crippen LogP contribution in [0, 0.1) is 5.92 Å². The van der Waals surface area contributed by atoms with Gasteiger partial charge in [-0.15, -0.1) is 0 Å². The second kappa shape index (κ2) is 6.69. The van der Waals surface area contributed by atoms with Gasteiger partial charge in [0.05, 0.1) is 10.9 Å². The van der Waals surface area contributed by atoms with E-state index in [0.29, 0.717) is 5.92 Å². The number of carbonyl (C=O) groups excluding carboxylic acids is 1. The van der Waals surface area contributed by atoms with Crippen LogP contribution in [-0.2, 0) is 11.2 Å². The zero-order chi connectivity index (χ0) is 15.7. The molecule has 1 aromatic rings. The Balaban J connectivity index is 1.68. The summed E-state index contributed by atoms with van der Waals surface area (Å²) in [5, 5.41) is 3.24. The van der Waals surface area contributed by atoms with Crippen molar-refractivity contribution in [3.05, 3.63) is 35.4 Å². The molecule has 3 N–H and O–H groups in total. The molecular formula is C17H24BrN3O. The molecular weight excluding hydrogens is 342 g/mol. The fraction of sp³-hybridized carbons (Fsp3) is 0.588. The Hall–Kier alpha value is -0.910. The molecule has 1 fully saturated rings. The van der Waals surface area contributed by atoms with Gasteiger partial charge in [-0.1, -0.05) is 54.0 Å². The maximum atomic E-state index is 12.7. The molecule has 0 radical (unpaired) electrons. The topological polar surface area (TPSA) is 53.2 Å². The summed E-state index contributed by atoms with van der Waals surface area (Å²) in [6.45, 7) is 4.32. The number of aryl methyl sites for hydroxylation is 1. The Bertz CT molecular complexity index is 548. The van der Waals surface area contributed by atoms with Crippen LogP contribution in [0.5, 0.6) is 0 Å². The molecule has 4 unspecified atom stereocenters. The van der Waals surface area contributed by atoms with Gasteiger partial charge < -0.3 is 5.32 Å². The first-order valence-electron chi connectivity index (χ1n) is 8.11. The number of hydrogen-bond acceptors (Lipinski definition) is 3. The minimum Gasteiger partial charge on any atom is -0.348 e. The molecule has 4 nitrogen and oxygen atoms in total. The molecule has 1 amide bonds. The van der Waals surface area contributed by atoms with Gasteiger partial charge in [-0.05, 0) is 36.3 Å². The highest BCUT2D eigenvalue weighted by atomic mass is 79.9. The molecule has 0 aromatic heterocycles. The van der Waals surface area contributed by atoms with E-state index in [1.807, 2.05) is 0 Å². The van der Waals surface area contributed by atoms with Crippen molar-refractivity contribution in [1.82, 2.24) is 16.2 Å². The molecule has 1 aromatic carbocycles. The molecule has 1 saturated heterocycles. The lowest BCUT2D eigenvalue weighted by Gasteiger charge is -2.28. The number of rotatable bonds is 3. The Morgan fingerprint density at radius 2 is 2.09 bits per heavy atom. The highest BCUT2D eigenvalue weighted by Gasteiger charge is 2.40. The van der Waals surface area contributed by atoms with Gasteiger partial charge in [-0.25, -0.2) is 5.43 Å². The van der Waals surface area contributed by atoms with Crippen LogP contribution < -0.4 is 16.2 Å². The van der Waals surface area contributed by atoms with E-state index >= 15 is 0 Å². The van der Waals surface area contributed by atoms with Crippen molar-refractivity contribution in [3.63, 3.8) is 0 Å². The number of alkyl halides is 1. The second-order valence-corrected chi connectivity index (χ2v) is 7.69. The Morgan fingerprint density at radius 1 is 1.32 bits per heavy atom. The molecule has 3 rings (SSSR count). The van der Waals surface area contributed by atoms with E-state index in [9.17, 15) is 4.79 Å². The molecule has 0 bridgehead atoms. The summed E-state index contributed by atoms with van der Waals surface area (Å²) in [7, 11) is 0. The Kier molecular flexibility index (Phi) is 4.85. The third-order valence-corrected chi connectivity index (χ3v) is 5.85. The van der Waals surface area contributed by atoms with Crippen LogP contribution in [0.15, 0.2) is 24.3 Å². The van der Waals surface area contributed by atoms with E-state index in [2.05, 4.69) is 70.2 Å². The fourth-order valence-corrected chi connectivity index (χ4v) is 4.58. The number of benzene rings is 1. The number of fused-ring (bicyclic) bond motifs is 1. The summed E-state index contributed by atoms with van der Waals surface area (Å²) < 4.78 is 0. The molecule has 1 heterocycles. The van der Waals surface area contributed by atoms with E-state index in [1.54, 1.807) is 0 Å². The summed E-state index contributed by atoms with van der Waals surface area (Å²) in [6, 6.07) is 8.61. The first kappa shape index (κ1) is 16.0. The molecule has 120 valence electrons. The molecule has 5 heteroatoms. The quantitative estimate of drug-likeness (QED) is 0.721. The first-order chi connectivity index (χ1) is 10.6. The van der Waals surface area contributed by atoms with Gasteiger partial charge >= 0.3 is 0 Å². The maximum Gasteiger partial charge on any atom is 0.240 e. The van der Waals surface area contributed by atoms with Crippen molar-refractivity contribution >= 4 is 21.8 Å². The van der Waals surface area contributed by atoms with Crippen LogP contribution in [0.3, 0.4) is 0 Å². The summed E-state index contributed by atoms with van der Waals surface area (Å²) in [6.07, 6.45) is 3.26. The Labute approximate surface area is 140 Å². The summed E-state index contributed by atoms with van der Waals surface area (Å²) in [5.74, 6) is 0.532. The number of nitrogens with one attached hydrogen (secondary N) is 3. The molecule has 1 aliphatic heterocycles. The minimum atomic E-state index is -0.235. The normalized spacial score (nSPS) is 31.1. The highest BCUT2D eigenvalue weighted by Crippen LogP contribution is 2.30. The van der Waals surface area contributed by atoms with E-state index in [1.165, 1.54) is 11.1 Å². The average Bonchev–Trinajstić information content (AvgIpc) is 2.89. The summed E-state index contributed by atoms with van der Waals surface area (Å²) in [4.78, 5) is 12.8. The lowest BCUT2D eigenvalue weighted by molar-refractivity contribution is -0.123. The molecule has 1 aliphatic carbocycles. The van der Waals surface area contributed by atoms with Crippen LogP contribution in [0.1, 0.15) is 43.9 Å². The largest absolute Gasteiger partial charge is 0.348 e. The van der Waals surface area contributed by atoms with Gasteiger partial charge in [0.1, 0.15) is 6.04 Å². The standard InChI is InChI=1S/C17H24BrN3O/c1-10(2)15-14(18)16(21-20-15)17(22)19-13-9-5-7-11-6-3-4-8-12(11)13/h3-4,6,8,10,13-16,20-21H,5,7,9H2,1-2H3,(H,19,22). The van der Waals surface area contributed by atoms with Gasteiger partial charge in [0.25, 0.3) is 0 Å². The van der Waals surface area contributed by atoms with E-state index in [4.69, 9.17) is 0 Å². The van der Waals surface area contributed by atoms with Crippen LogP contribution >= 0.6 is 15.9 Å². The summed E-state index contributed by atoms with van der Waals surface area (Å²) >= 11 is 3.68. The van der Waals surface area contributed by atoms with Crippen LogP contribution in [0.2, 0.25) is 0 Å². The predicted octanol–water partition coefficient (Wildman–Crippen LogP) is 2.44. The minimum absolute atomic E-state index is 0.0687. The average molecular weight is 366 g/mol. The zero-order valence-electron chi connectivity index (χ0n) is 13.1. The van der Waals surface area contributed by atoms with Gasteiger partial charge in [0, 0.05) is 6.04 Å². The number of halogens is 1. The van der Waals surface area contributed by atoms with E-state index in [-0.39, 0.29) is 28.9 Å². The van der Waals surface area contributed by atoms with E-state index in [0.717, 1.165) is 19.3 Å². The number of carbonyl (C=O) groups is 1. The number of hydrazine groups is 1. The zero-order valence-corrected chi connectivity index (χ0v) is 14.7. The van der Waals surface area contributed by atoms with Crippen LogP contribution in [0.25, 0.3) is 0 Å². The van der Waals surface area contributed by atoms with Gasteiger partial charge in [-0.3, -0.25) is 10.2 Å². The third kappa shape index (κ3) is 3.07. The maximum absolute atomic E-state index is 12.7. The lowest BCUT2D eigenvalue weighted by Crippen LogP contribution is -2.47. The van der Waals surface area contributed by atoms with Gasteiger partial charge in [-0.2, -0.15) is 0 Å². The predicted molar refractivity (Wildman–Crippen MR) is 91.7 cm³/mol. The fourth-order valence-electron chi connectivity index (χ4n) is 3.46. The molecule has 0 spiro atoms. The van der Waals surface area contributed by atoms with Crippen molar-refractivity contribution < 1.29 is 4.79 Å². The van der Waals surface area contributed by atoms with Crippen molar-refractivity contribution in [1.29, 1.82) is 0 Å². The monoisotopic (exact) mass is 365 g/mol. The van der Waals surface area contributed by atoms with Gasteiger partial charge in [0.2, 0.25) is 5.91 Å². The SMILES string of the molecule is CC(C)C1NNC(C(=O)NC2CCCc3ccccc32)C1Br. The molecule has 22 heavy (non-hydrogen) atoms.